The monoisotopic (exact) mass is 226 g/mol. The van der Waals surface area contributed by atoms with Crippen LogP contribution in [0, 0.1) is 0 Å². The summed E-state index contributed by atoms with van der Waals surface area (Å²) in [7, 11) is 1.86. The van der Waals surface area contributed by atoms with Gasteiger partial charge in [0.2, 0.25) is 9.05 Å². The first-order valence-electron chi connectivity index (χ1n) is 4.47. The number of ether oxygens (including phenoxy) is 1. The molecule has 0 saturated heterocycles. The number of hydrogen-bond donors (Lipinski definition) is 0. The molecule has 0 radical (unpaired) electrons. The van der Waals surface area contributed by atoms with E-state index in [1.54, 1.807) is 0 Å². The number of halogens is 1. The highest BCUT2D eigenvalue weighted by molar-refractivity contribution is 8.15. The van der Waals surface area contributed by atoms with E-state index in [9.17, 15) is 8.42 Å². The topological polar surface area (TPSA) is 43.4 Å². The van der Waals surface area contributed by atoms with Gasteiger partial charge in [0.15, 0.2) is 0 Å². The van der Waals surface area contributed by atoms with Crippen molar-refractivity contribution in [2.45, 2.75) is 44.0 Å². The standard InChI is InChI=1S/C8H15ClO3S/c1-3-7(2)12-6-8(4-5-8)13(9,10)11/h7H,3-6H2,1-2H3. The zero-order chi connectivity index (χ0) is 10.1. The maximum atomic E-state index is 11.1. The Balaban J connectivity index is 2.46. The normalized spacial score (nSPS) is 22.7. The number of rotatable bonds is 5. The Bertz CT molecular complexity index is 269. The van der Waals surface area contributed by atoms with E-state index < -0.39 is 13.8 Å². The summed E-state index contributed by atoms with van der Waals surface area (Å²) in [4.78, 5) is 0. The van der Waals surface area contributed by atoms with E-state index in [0.29, 0.717) is 12.8 Å². The minimum Gasteiger partial charge on any atom is -0.377 e. The second-order valence-corrected chi connectivity index (χ2v) is 6.61. The maximum Gasteiger partial charge on any atom is 0.240 e. The zero-order valence-corrected chi connectivity index (χ0v) is 9.49. The lowest BCUT2D eigenvalue weighted by Crippen LogP contribution is -2.27. The van der Waals surface area contributed by atoms with Crippen LogP contribution in [0.2, 0.25) is 0 Å². The number of hydrogen-bond acceptors (Lipinski definition) is 3. The van der Waals surface area contributed by atoms with E-state index >= 15 is 0 Å². The Morgan fingerprint density at radius 3 is 2.38 bits per heavy atom. The first kappa shape index (κ1) is 11.3. The van der Waals surface area contributed by atoms with Crippen molar-refractivity contribution in [1.82, 2.24) is 0 Å². The second-order valence-electron chi connectivity index (χ2n) is 3.65. The molecule has 0 aromatic heterocycles. The van der Waals surface area contributed by atoms with Gasteiger partial charge < -0.3 is 4.74 Å². The summed E-state index contributed by atoms with van der Waals surface area (Å²) in [6, 6.07) is 0. The van der Waals surface area contributed by atoms with Crippen molar-refractivity contribution in [2.75, 3.05) is 6.61 Å². The molecule has 1 aliphatic rings. The SMILES string of the molecule is CCC(C)OCC1(S(=O)(=O)Cl)CC1. The van der Waals surface area contributed by atoms with Crippen LogP contribution in [0.3, 0.4) is 0 Å². The van der Waals surface area contributed by atoms with Crippen molar-refractivity contribution < 1.29 is 13.2 Å². The van der Waals surface area contributed by atoms with Crippen LogP contribution in [0.4, 0.5) is 0 Å². The molecule has 5 heteroatoms. The summed E-state index contributed by atoms with van der Waals surface area (Å²) >= 11 is 0. The van der Waals surface area contributed by atoms with Crippen molar-refractivity contribution in [3.05, 3.63) is 0 Å². The summed E-state index contributed by atoms with van der Waals surface area (Å²) in [5, 5.41) is 0. The Kier molecular flexibility index (Phi) is 3.25. The fourth-order valence-electron chi connectivity index (χ4n) is 1.01. The quantitative estimate of drug-likeness (QED) is 0.673. The molecule has 0 aromatic rings. The molecular formula is C8H15ClO3S. The van der Waals surface area contributed by atoms with Crippen LogP contribution >= 0.6 is 10.7 Å². The minimum atomic E-state index is -3.45. The maximum absolute atomic E-state index is 11.1. The van der Waals surface area contributed by atoms with Gasteiger partial charge >= 0.3 is 0 Å². The molecule has 0 amide bonds. The van der Waals surface area contributed by atoms with E-state index in [1.165, 1.54) is 0 Å². The highest BCUT2D eigenvalue weighted by Gasteiger charge is 2.54. The first-order chi connectivity index (χ1) is 5.91. The molecule has 1 fully saturated rings. The third kappa shape index (κ3) is 2.58. The zero-order valence-electron chi connectivity index (χ0n) is 7.92. The van der Waals surface area contributed by atoms with Crippen LogP contribution in [0.25, 0.3) is 0 Å². The summed E-state index contributed by atoms with van der Waals surface area (Å²) in [6.07, 6.45) is 2.26. The second kappa shape index (κ2) is 3.75. The summed E-state index contributed by atoms with van der Waals surface area (Å²) in [5.74, 6) is 0. The van der Waals surface area contributed by atoms with E-state index in [0.717, 1.165) is 6.42 Å². The van der Waals surface area contributed by atoms with Gasteiger partial charge in [0.05, 0.1) is 12.7 Å². The average Bonchev–Trinajstić information content (AvgIpc) is 2.79. The third-order valence-electron chi connectivity index (χ3n) is 2.53. The van der Waals surface area contributed by atoms with Crippen LogP contribution in [0.15, 0.2) is 0 Å². The largest absolute Gasteiger partial charge is 0.377 e. The predicted molar refractivity (Wildman–Crippen MR) is 52.4 cm³/mol. The molecule has 3 nitrogen and oxygen atoms in total. The molecule has 1 saturated carbocycles. The van der Waals surface area contributed by atoms with E-state index in [1.807, 2.05) is 13.8 Å². The fraction of sp³-hybridized carbons (Fsp3) is 1.00. The van der Waals surface area contributed by atoms with Crippen molar-refractivity contribution in [3.8, 4) is 0 Å². The van der Waals surface area contributed by atoms with E-state index in [-0.39, 0.29) is 12.7 Å². The lowest BCUT2D eigenvalue weighted by Gasteiger charge is -2.15. The van der Waals surface area contributed by atoms with Gasteiger partial charge in [0.25, 0.3) is 0 Å². The Morgan fingerprint density at radius 1 is 1.54 bits per heavy atom. The molecule has 0 N–H and O–H groups in total. The molecule has 1 atom stereocenters. The van der Waals surface area contributed by atoms with Gasteiger partial charge in [-0.1, -0.05) is 6.92 Å². The summed E-state index contributed by atoms with van der Waals surface area (Å²) < 4.78 is 26.8. The molecule has 78 valence electrons. The van der Waals surface area contributed by atoms with Gasteiger partial charge in [-0.3, -0.25) is 0 Å². The molecular weight excluding hydrogens is 212 g/mol. The van der Waals surface area contributed by atoms with Gasteiger partial charge in [-0.05, 0) is 26.2 Å². The highest BCUT2D eigenvalue weighted by Crippen LogP contribution is 2.45. The van der Waals surface area contributed by atoms with E-state index in [2.05, 4.69) is 0 Å². The van der Waals surface area contributed by atoms with Gasteiger partial charge in [-0.2, -0.15) is 0 Å². The summed E-state index contributed by atoms with van der Waals surface area (Å²) in [5.41, 5.74) is 0. The van der Waals surface area contributed by atoms with Crippen LogP contribution in [-0.2, 0) is 13.8 Å². The molecule has 0 spiro atoms. The van der Waals surface area contributed by atoms with Crippen LogP contribution < -0.4 is 0 Å². The summed E-state index contributed by atoms with van der Waals surface area (Å²) in [6.45, 7) is 4.17. The third-order valence-corrected chi connectivity index (χ3v) is 5.07. The highest BCUT2D eigenvalue weighted by atomic mass is 35.7. The van der Waals surface area contributed by atoms with Crippen LogP contribution in [-0.4, -0.2) is 25.9 Å². The van der Waals surface area contributed by atoms with Crippen molar-refractivity contribution >= 4 is 19.7 Å². The van der Waals surface area contributed by atoms with Crippen molar-refractivity contribution in [3.63, 3.8) is 0 Å². The molecule has 13 heavy (non-hydrogen) atoms. The molecule has 1 unspecified atom stereocenters. The fourth-order valence-corrected chi connectivity index (χ4v) is 2.40. The Hall–Kier alpha value is 0.200. The van der Waals surface area contributed by atoms with Crippen LogP contribution in [0.5, 0.6) is 0 Å². The van der Waals surface area contributed by atoms with Gasteiger partial charge in [-0.15, -0.1) is 0 Å². The van der Waals surface area contributed by atoms with Gasteiger partial charge in [0.1, 0.15) is 4.75 Å². The molecule has 1 aliphatic carbocycles. The smallest absolute Gasteiger partial charge is 0.240 e. The van der Waals surface area contributed by atoms with Gasteiger partial charge in [0, 0.05) is 10.7 Å². The van der Waals surface area contributed by atoms with Crippen molar-refractivity contribution in [1.29, 1.82) is 0 Å². The lowest BCUT2D eigenvalue weighted by atomic mass is 10.3. The molecule has 0 heterocycles. The predicted octanol–water partition coefficient (Wildman–Crippen LogP) is 1.90. The first-order valence-corrected chi connectivity index (χ1v) is 6.78. The minimum absolute atomic E-state index is 0.107. The lowest BCUT2D eigenvalue weighted by molar-refractivity contribution is 0.0605. The van der Waals surface area contributed by atoms with Crippen LogP contribution in [0.1, 0.15) is 33.1 Å². The molecule has 0 bridgehead atoms. The van der Waals surface area contributed by atoms with Gasteiger partial charge in [-0.25, -0.2) is 8.42 Å². The average molecular weight is 227 g/mol. The molecule has 0 aromatic carbocycles. The molecule has 0 aliphatic heterocycles. The molecule has 1 rings (SSSR count). The van der Waals surface area contributed by atoms with Crippen molar-refractivity contribution in [2.24, 2.45) is 0 Å². The van der Waals surface area contributed by atoms with E-state index in [4.69, 9.17) is 15.4 Å². The Labute approximate surface area is 83.8 Å². The Morgan fingerprint density at radius 2 is 2.08 bits per heavy atom.